The Bertz CT molecular complexity index is 675. The van der Waals surface area contributed by atoms with Crippen LogP contribution >= 0.6 is 0 Å². The fraction of sp³-hybridized carbons (Fsp3) is 0.333. The van der Waals surface area contributed by atoms with E-state index in [1.807, 2.05) is 0 Å². The summed E-state index contributed by atoms with van der Waals surface area (Å²) in [6, 6.07) is 6.82. The molecule has 0 unspecified atom stereocenters. The number of nitrogens with zero attached hydrogens (tertiary/aromatic N) is 3. The van der Waals surface area contributed by atoms with Crippen LogP contribution in [0, 0.1) is 13.1 Å². The van der Waals surface area contributed by atoms with Gasteiger partial charge in [-0.2, -0.15) is 9.69 Å². The van der Waals surface area contributed by atoms with Gasteiger partial charge in [-0.1, -0.05) is 12.1 Å². The summed E-state index contributed by atoms with van der Waals surface area (Å²) in [6.07, 6.45) is 1.46. The van der Waals surface area contributed by atoms with E-state index < -0.39 is 11.9 Å². The first-order chi connectivity index (χ1) is 12.0. The van der Waals surface area contributed by atoms with Gasteiger partial charge in [-0.25, -0.2) is 0 Å². The number of carbonyl (C=O) groups is 2. The molecule has 0 aliphatic rings. The average Bonchev–Trinajstić information content (AvgIpc) is 2.60. The first-order valence-electron chi connectivity index (χ1n) is 7.66. The zero-order valence-corrected chi connectivity index (χ0v) is 14.2. The summed E-state index contributed by atoms with van der Waals surface area (Å²) in [4.78, 5) is 31.3. The predicted octanol–water partition coefficient (Wildman–Crippen LogP) is 2.76. The molecule has 0 aliphatic carbocycles. The van der Waals surface area contributed by atoms with E-state index in [0.29, 0.717) is 11.3 Å². The standard InChI is InChI=1S/C18H19N3O4/c1-5-24-17(22)12-21(13-18(23)25-6-2)15-9-7-14(8-10-15)11-16(19-3)20-4/h7-11H,5-6,12-13H2,1-2H3. The van der Waals surface area contributed by atoms with E-state index in [9.17, 15) is 9.59 Å². The molecule has 0 saturated heterocycles. The minimum atomic E-state index is -0.445. The molecule has 130 valence electrons. The molecule has 0 bridgehead atoms. The van der Waals surface area contributed by atoms with Crippen LogP contribution in [0.15, 0.2) is 30.1 Å². The average molecular weight is 341 g/mol. The van der Waals surface area contributed by atoms with Gasteiger partial charge in [0, 0.05) is 11.8 Å². The van der Waals surface area contributed by atoms with Gasteiger partial charge in [0.25, 0.3) is 0 Å². The molecule has 1 aromatic carbocycles. The molecule has 0 saturated carbocycles. The highest BCUT2D eigenvalue weighted by Crippen LogP contribution is 2.18. The Labute approximate surface area is 147 Å². The second-order valence-corrected chi connectivity index (χ2v) is 4.78. The third kappa shape index (κ3) is 6.76. The number of ether oxygens (including phenoxy) is 2. The largest absolute Gasteiger partial charge is 0.519 e. The minimum Gasteiger partial charge on any atom is -0.465 e. The van der Waals surface area contributed by atoms with Crippen molar-refractivity contribution in [2.45, 2.75) is 13.8 Å². The lowest BCUT2D eigenvalue weighted by Crippen LogP contribution is -2.36. The van der Waals surface area contributed by atoms with Gasteiger partial charge in [0.1, 0.15) is 26.2 Å². The Morgan fingerprint density at radius 1 is 1.00 bits per heavy atom. The van der Waals surface area contributed by atoms with Crippen molar-refractivity contribution >= 4 is 23.7 Å². The van der Waals surface area contributed by atoms with Gasteiger partial charge >= 0.3 is 17.8 Å². The summed E-state index contributed by atoms with van der Waals surface area (Å²) in [7, 11) is 0. The van der Waals surface area contributed by atoms with E-state index in [1.165, 1.54) is 6.08 Å². The number of hydrogen-bond donors (Lipinski definition) is 0. The topological polar surface area (TPSA) is 64.6 Å². The van der Waals surface area contributed by atoms with E-state index in [-0.39, 0.29) is 32.1 Å². The van der Waals surface area contributed by atoms with Crippen molar-refractivity contribution in [2.75, 3.05) is 31.2 Å². The van der Waals surface area contributed by atoms with E-state index >= 15 is 0 Å². The maximum absolute atomic E-state index is 11.8. The Balaban J connectivity index is 2.99. The molecule has 25 heavy (non-hydrogen) atoms. The van der Waals surface area contributed by atoms with Crippen LogP contribution in [0.1, 0.15) is 19.4 Å². The number of hydrogen-bond acceptors (Lipinski definition) is 5. The molecule has 1 aromatic rings. The molecular formula is C18H19N3O4. The zero-order chi connectivity index (χ0) is 18.7. The fourth-order valence-corrected chi connectivity index (χ4v) is 1.98. The highest BCUT2D eigenvalue weighted by molar-refractivity contribution is 5.81. The smallest absolute Gasteiger partial charge is 0.465 e. The number of rotatable bonds is 8. The lowest BCUT2D eigenvalue weighted by atomic mass is 10.2. The van der Waals surface area contributed by atoms with Crippen LogP contribution in [0.25, 0.3) is 15.8 Å². The molecule has 0 radical (unpaired) electrons. The molecule has 0 fully saturated rings. The molecule has 0 atom stereocenters. The normalized spacial score (nSPS) is 9.28. The highest BCUT2D eigenvalue weighted by atomic mass is 16.5. The number of anilines is 1. The molecule has 7 heteroatoms. The van der Waals surface area contributed by atoms with Gasteiger partial charge in [0.2, 0.25) is 0 Å². The summed E-state index contributed by atoms with van der Waals surface area (Å²) in [5.41, 5.74) is 1.31. The Kier molecular flexibility index (Phi) is 8.25. The maximum atomic E-state index is 11.8. The van der Waals surface area contributed by atoms with Crippen LogP contribution in [0.4, 0.5) is 5.69 Å². The van der Waals surface area contributed by atoms with Gasteiger partial charge in [0.15, 0.2) is 0 Å². The van der Waals surface area contributed by atoms with Gasteiger partial charge in [-0.05, 0) is 31.5 Å². The van der Waals surface area contributed by atoms with Crippen LogP contribution in [0.2, 0.25) is 0 Å². The fourth-order valence-electron chi connectivity index (χ4n) is 1.98. The molecule has 1 rings (SSSR count). The van der Waals surface area contributed by atoms with Crippen molar-refractivity contribution in [3.8, 4) is 0 Å². The lowest BCUT2D eigenvalue weighted by molar-refractivity contribution is -0.142. The van der Waals surface area contributed by atoms with Crippen molar-refractivity contribution in [1.82, 2.24) is 0 Å². The van der Waals surface area contributed by atoms with Crippen LogP contribution in [-0.4, -0.2) is 38.2 Å². The third-order valence-electron chi connectivity index (χ3n) is 3.03. The molecular weight excluding hydrogens is 322 g/mol. The summed E-state index contributed by atoms with van der Waals surface area (Å²) in [5.74, 6) is -0.930. The summed E-state index contributed by atoms with van der Waals surface area (Å²) < 4.78 is 9.86. The van der Waals surface area contributed by atoms with Gasteiger partial charge < -0.3 is 14.4 Å². The van der Waals surface area contributed by atoms with Crippen LogP contribution < -0.4 is 4.90 Å². The monoisotopic (exact) mass is 341 g/mol. The number of carbonyl (C=O) groups excluding carboxylic acids is 2. The third-order valence-corrected chi connectivity index (χ3v) is 3.03. The van der Waals surface area contributed by atoms with Crippen LogP contribution in [0.3, 0.4) is 0 Å². The molecule has 0 heterocycles. The molecule has 0 amide bonds. The zero-order valence-electron chi connectivity index (χ0n) is 14.2. The van der Waals surface area contributed by atoms with Crippen molar-refractivity contribution in [3.63, 3.8) is 0 Å². The molecule has 0 spiro atoms. The van der Waals surface area contributed by atoms with Crippen molar-refractivity contribution < 1.29 is 19.1 Å². The van der Waals surface area contributed by atoms with E-state index in [2.05, 4.69) is 9.69 Å². The van der Waals surface area contributed by atoms with Crippen molar-refractivity contribution in [1.29, 1.82) is 0 Å². The second kappa shape index (κ2) is 10.5. The van der Waals surface area contributed by atoms with E-state index in [0.717, 1.165) is 0 Å². The Morgan fingerprint density at radius 3 is 1.88 bits per heavy atom. The summed E-state index contributed by atoms with van der Waals surface area (Å²) in [6.45, 7) is 17.5. The lowest BCUT2D eigenvalue weighted by Gasteiger charge is -2.22. The summed E-state index contributed by atoms with van der Waals surface area (Å²) >= 11 is 0. The molecule has 0 N–H and O–H groups in total. The highest BCUT2D eigenvalue weighted by Gasteiger charge is 2.17. The van der Waals surface area contributed by atoms with Crippen molar-refractivity contribution in [2.24, 2.45) is 0 Å². The quantitative estimate of drug-likeness (QED) is 0.537. The molecule has 0 aromatic heterocycles. The van der Waals surface area contributed by atoms with Crippen LogP contribution in [-0.2, 0) is 19.1 Å². The number of esters is 2. The second-order valence-electron chi connectivity index (χ2n) is 4.78. The van der Waals surface area contributed by atoms with Gasteiger partial charge in [-0.15, -0.1) is 0 Å². The first kappa shape index (κ1) is 19.7. The Morgan fingerprint density at radius 2 is 1.48 bits per heavy atom. The maximum Gasteiger partial charge on any atom is 0.519 e. The van der Waals surface area contributed by atoms with Crippen molar-refractivity contribution in [3.05, 3.63) is 58.5 Å². The predicted molar refractivity (Wildman–Crippen MR) is 93.1 cm³/mol. The SMILES string of the molecule is [C-]#[N+]C(=Cc1ccc(N(CC(=O)OCC)CC(=O)OCC)cc1)[N+]#[C-]. The van der Waals surface area contributed by atoms with Gasteiger partial charge in [0.05, 0.1) is 13.2 Å². The summed E-state index contributed by atoms with van der Waals surface area (Å²) in [5, 5.41) is 0. The first-order valence-corrected chi connectivity index (χ1v) is 7.66. The molecule has 0 aliphatic heterocycles. The molecule has 7 nitrogen and oxygen atoms in total. The van der Waals surface area contributed by atoms with Crippen LogP contribution in [0.5, 0.6) is 0 Å². The van der Waals surface area contributed by atoms with E-state index in [1.54, 1.807) is 43.0 Å². The van der Waals surface area contributed by atoms with Gasteiger partial charge in [-0.3, -0.25) is 9.59 Å². The minimum absolute atomic E-state index is 0.0392. The Hall–Kier alpha value is -3.32. The number of benzene rings is 1. The van der Waals surface area contributed by atoms with E-state index in [4.69, 9.17) is 22.6 Å².